The fraction of sp³-hybridized carbons (Fsp3) is 0.933. The molecule has 0 saturated heterocycles. The van der Waals surface area contributed by atoms with Crippen LogP contribution in [0.3, 0.4) is 0 Å². The van der Waals surface area contributed by atoms with E-state index in [2.05, 4.69) is 5.32 Å². The van der Waals surface area contributed by atoms with Crippen LogP contribution in [-0.2, 0) is 19.4 Å². The molecule has 5 nitrogen and oxygen atoms in total. The molecule has 124 valence electrons. The van der Waals surface area contributed by atoms with E-state index in [4.69, 9.17) is 4.74 Å². The number of rotatable bonds is 5. The molecule has 1 fully saturated rings. The Morgan fingerprint density at radius 2 is 1.81 bits per heavy atom. The van der Waals surface area contributed by atoms with E-state index in [-0.39, 0.29) is 6.04 Å². The molecule has 1 saturated carbocycles. The van der Waals surface area contributed by atoms with Crippen molar-refractivity contribution in [2.24, 2.45) is 0 Å². The van der Waals surface area contributed by atoms with E-state index in [1.54, 1.807) is 20.8 Å². The Hall–Kier alpha value is -0.620. The zero-order chi connectivity index (χ0) is 16.1. The Kier molecular flexibility index (Phi) is 6.66. The molecule has 1 aliphatic carbocycles. The average molecular weight is 319 g/mol. The first-order valence-electron chi connectivity index (χ1n) is 7.82. The minimum atomic E-state index is -3.49. The Bertz CT molecular complexity index is 439. The molecule has 1 rings (SSSR count). The molecule has 0 aromatic rings. The quantitative estimate of drug-likeness (QED) is 0.620. The van der Waals surface area contributed by atoms with Crippen LogP contribution in [0.4, 0.5) is 0 Å². The number of carbonyl (C=O) groups is 1. The first kappa shape index (κ1) is 18.4. The van der Waals surface area contributed by atoms with Crippen molar-refractivity contribution in [3.8, 4) is 0 Å². The zero-order valence-electron chi connectivity index (χ0n) is 13.6. The fourth-order valence-corrected chi connectivity index (χ4v) is 4.70. The molecule has 0 spiro atoms. The van der Waals surface area contributed by atoms with Crippen LogP contribution in [0.15, 0.2) is 0 Å². The van der Waals surface area contributed by atoms with E-state index in [0.717, 1.165) is 32.2 Å². The lowest BCUT2D eigenvalue weighted by Crippen LogP contribution is -2.45. The summed E-state index contributed by atoms with van der Waals surface area (Å²) in [6, 6.07) is -0.0510. The lowest BCUT2D eigenvalue weighted by Gasteiger charge is -2.26. The smallest absolute Gasteiger partial charge is 0.321 e. The van der Waals surface area contributed by atoms with Gasteiger partial charge in [0, 0.05) is 6.04 Å². The highest BCUT2D eigenvalue weighted by Gasteiger charge is 2.36. The molecule has 0 aromatic carbocycles. The molecule has 2 unspecified atom stereocenters. The average Bonchev–Trinajstić information content (AvgIpc) is 2.51. The maximum atomic E-state index is 12.6. The molecule has 0 radical (unpaired) electrons. The molecule has 0 amide bonds. The number of nitrogens with one attached hydrogen (secondary N) is 1. The van der Waals surface area contributed by atoms with Crippen LogP contribution in [0.2, 0.25) is 0 Å². The molecular weight excluding hydrogens is 290 g/mol. The van der Waals surface area contributed by atoms with Crippen molar-refractivity contribution in [1.29, 1.82) is 0 Å². The molecular formula is C15H29NO4S. The summed E-state index contributed by atoms with van der Waals surface area (Å²) < 4.78 is 30.3. The summed E-state index contributed by atoms with van der Waals surface area (Å²) >= 11 is 0. The van der Waals surface area contributed by atoms with Gasteiger partial charge in [-0.05, 0) is 40.2 Å². The Morgan fingerprint density at radius 1 is 1.19 bits per heavy atom. The molecule has 1 aliphatic rings. The van der Waals surface area contributed by atoms with Gasteiger partial charge >= 0.3 is 5.97 Å². The van der Waals surface area contributed by atoms with Gasteiger partial charge < -0.3 is 10.1 Å². The van der Waals surface area contributed by atoms with Crippen LogP contribution in [-0.4, -0.2) is 43.6 Å². The standard InChI is InChI=1S/C15H29NO4S/c1-5-16-12-9-7-6-8-10-13(12)21(18,19)11-14(17)20-15(2,3)4/h12-13,16H,5-11H2,1-4H3. The topological polar surface area (TPSA) is 72.5 Å². The number of hydrogen-bond donors (Lipinski definition) is 1. The maximum absolute atomic E-state index is 12.6. The molecule has 0 heterocycles. The monoisotopic (exact) mass is 319 g/mol. The van der Waals surface area contributed by atoms with E-state index in [9.17, 15) is 13.2 Å². The minimum Gasteiger partial charge on any atom is -0.459 e. The van der Waals surface area contributed by atoms with Gasteiger partial charge in [-0.15, -0.1) is 0 Å². The maximum Gasteiger partial charge on any atom is 0.321 e. The normalized spacial score (nSPS) is 24.4. The highest BCUT2D eigenvalue weighted by Crippen LogP contribution is 2.24. The summed E-state index contributed by atoms with van der Waals surface area (Å²) in [6.07, 6.45) is 4.48. The predicted octanol–water partition coefficient (Wildman–Crippen LogP) is 2.05. The van der Waals surface area contributed by atoms with Gasteiger partial charge in [0.1, 0.15) is 11.4 Å². The molecule has 0 aromatic heterocycles. The third-order valence-corrected chi connectivity index (χ3v) is 5.74. The Balaban J connectivity index is 2.80. The van der Waals surface area contributed by atoms with Crippen LogP contribution >= 0.6 is 0 Å². The van der Waals surface area contributed by atoms with Crippen molar-refractivity contribution in [2.45, 2.75) is 76.7 Å². The van der Waals surface area contributed by atoms with Crippen molar-refractivity contribution in [1.82, 2.24) is 5.32 Å². The second-order valence-electron chi connectivity index (χ2n) is 6.73. The first-order chi connectivity index (χ1) is 9.65. The highest BCUT2D eigenvalue weighted by molar-refractivity contribution is 7.92. The number of hydrogen-bond acceptors (Lipinski definition) is 5. The van der Waals surface area contributed by atoms with Gasteiger partial charge in [-0.2, -0.15) is 0 Å². The number of sulfone groups is 1. The summed E-state index contributed by atoms with van der Waals surface area (Å²) in [7, 11) is -3.49. The minimum absolute atomic E-state index is 0.0510. The summed E-state index contributed by atoms with van der Waals surface area (Å²) in [6.45, 7) is 7.94. The molecule has 0 bridgehead atoms. The molecule has 1 N–H and O–H groups in total. The zero-order valence-corrected chi connectivity index (χ0v) is 14.5. The number of carbonyl (C=O) groups excluding carboxylic acids is 1. The number of ether oxygens (including phenoxy) is 1. The van der Waals surface area contributed by atoms with E-state index in [1.165, 1.54) is 0 Å². The lowest BCUT2D eigenvalue weighted by atomic mass is 10.1. The van der Waals surface area contributed by atoms with Crippen LogP contribution in [0.1, 0.15) is 59.8 Å². The molecule has 0 aliphatic heterocycles. The second kappa shape index (κ2) is 7.58. The van der Waals surface area contributed by atoms with Crippen LogP contribution < -0.4 is 5.32 Å². The van der Waals surface area contributed by atoms with Gasteiger partial charge in [0.2, 0.25) is 0 Å². The summed E-state index contributed by atoms with van der Waals surface area (Å²) in [4.78, 5) is 11.8. The van der Waals surface area contributed by atoms with E-state index >= 15 is 0 Å². The lowest BCUT2D eigenvalue weighted by molar-refractivity contribution is -0.151. The third kappa shape index (κ3) is 6.34. The first-order valence-corrected chi connectivity index (χ1v) is 9.54. The van der Waals surface area contributed by atoms with E-state index in [1.807, 2.05) is 6.92 Å². The van der Waals surface area contributed by atoms with Gasteiger partial charge in [0.25, 0.3) is 0 Å². The van der Waals surface area contributed by atoms with E-state index in [0.29, 0.717) is 6.42 Å². The van der Waals surface area contributed by atoms with Gasteiger partial charge in [-0.3, -0.25) is 4.79 Å². The summed E-state index contributed by atoms with van der Waals surface area (Å²) in [5.41, 5.74) is -0.656. The summed E-state index contributed by atoms with van der Waals surface area (Å²) in [5, 5.41) is 2.79. The Morgan fingerprint density at radius 3 is 2.38 bits per heavy atom. The van der Waals surface area contributed by atoms with E-state index < -0.39 is 32.4 Å². The molecule has 6 heteroatoms. The van der Waals surface area contributed by atoms with Crippen molar-refractivity contribution in [2.75, 3.05) is 12.3 Å². The van der Waals surface area contributed by atoms with Crippen molar-refractivity contribution >= 4 is 15.8 Å². The van der Waals surface area contributed by atoms with Crippen molar-refractivity contribution in [3.63, 3.8) is 0 Å². The molecule has 21 heavy (non-hydrogen) atoms. The van der Waals surface area contributed by atoms with Crippen molar-refractivity contribution in [3.05, 3.63) is 0 Å². The van der Waals surface area contributed by atoms with Gasteiger partial charge in [-0.25, -0.2) is 8.42 Å². The second-order valence-corrected chi connectivity index (χ2v) is 8.95. The van der Waals surface area contributed by atoms with Gasteiger partial charge in [0.05, 0.1) is 5.25 Å². The van der Waals surface area contributed by atoms with Crippen LogP contribution in [0.25, 0.3) is 0 Å². The van der Waals surface area contributed by atoms with Crippen LogP contribution in [0.5, 0.6) is 0 Å². The Labute approximate surface area is 128 Å². The van der Waals surface area contributed by atoms with Gasteiger partial charge in [0.15, 0.2) is 9.84 Å². The van der Waals surface area contributed by atoms with Crippen molar-refractivity contribution < 1.29 is 17.9 Å². The molecule has 2 atom stereocenters. The summed E-state index contributed by atoms with van der Waals surface area (Å²) in [5.74, 6) is -1.17. The fourth-order valence-electron chi connectivity index (χ4n) is 2.84. The largest absolute Gasteiger partial charge is 0.459 e. The predicted molar refractivity (Wildman–Crippen MR) is 84.0 cm³/mol. The van der Waals surface area contributed by atoms with Crippen LogP contribution in [0, 0.1) is 0 Å². The SMILES string of the molecule is CCNC1CCCCCC1S(=O)(=O)CC(=O)OC(C)(C)C. The van der Waals surface area contributed by atoms with Gasteiger partial charge in [-0.1, -0.05) is 26.2 Å². The highest BCUT2D eigenvalue weighted by atomic mass is 32.2. The number of esters is 1. The third-order valence-electron chi connectivity index (χ3n) is 3.62.